The van der Waals surface area contributed by atoms with Gasteiger partial charge in [-0.1, -0.05) is 24.3 Å². The van der Waals surface area contributed by atoms with Crippen LogP contribution in [0.4, 0.5) is 11.4 Å². The molecule has 0 spiro atoms. The number of carbonyl (C=O) groups excluding carboxylic acids is 2. The van der Waals surface area contributed by atoms with Gasteiger partial charge in [-0.15, -0.1) is 0 Å². The van der Waals surface area contributed by atoms with Gasteiger partial charge in [0.15, 0.2) is 0 Å². The first-order valence-corrected chi connectivity index (χ1v) is 7.30. The highest BCUT2D eigenvalue weighted by atomic mass is 16.5. The zero-order chi connectivity index (χ0) is 16.8. The van der Waals surface area contributed by atoms with Gasteiger partial charge in [0.25, 0.3) is 0 Å². The summed E-state index contributed by atoms with van der Waals surface area (Å²) in [6, 6.07) is 12.8. The van der Waals surface area contributed by atoms with Gasteiger partial charge < -0.3 is 15.4 Å². The van der Waals surface area contributed by atoms with E-state index in [0.29, 0.717) is 17.1 Å². The summed E-state index contributed by atoms with van der Waals surface area (Å²) in [5.74, 6) is 0.398. The number of hydrogen-bond acceptors (Lipinski definition) is 3. The highest BCUT2D eigenvalue weighted by Gasteiger charge is 2.11. The van der Waals surface area contributed by atoms with E-state index in [9.17, 15) is 9.59 Å². The monoisotopic (exact) mass is 312 g/mol. The number of para-hydroxylation sites is 1. The average Bonchev–Trinajstić information content (AvgIpc) is 2.51. The van der Waals surface area contributed by atoms with Crippen molar-refractivity contribution in [3.05, 3.63) is 53.6 Å². The topological polar surface area (TPSA) is 67.4 Å². The molecule has 2 N–H and O–H groups in total. The summed E-state index contributed by atoms with van der Waals surface area (Å²) in [6.07, 6.45) is 0.216. The molecule has 5 nitrogen and oxygen atoms in total. The van der Waals surface area contributed by atoms with E-state index < -0.39 is 0 Å². The minimum atomic E-state index is -0.148. The zero-order valence-corrected chi connectivity index (χ0v) is 13.5. The lowest BCUT2D eigenvalue weighted by Gasteiger charge is -2.13. The lowest BCUT2D eigenvalue weighted by atomic mass is 10.1. The van der Waals surface area contributed by atoms with Crippen LogP contribution in [0.15, 0.2) is 42.5 Å². The Morgan fingerprint density at radius 2 is 1.65 bits per heavy atom. The average molecular weight is 312 g/mol. The van der Waals surface area contributed by atoms with Crippen LogP contribution in [0.2, 0.25) is 0 Å². The fourth-order valence-electron chi connectivity index (χ4n) is 2.31. The van der Waals surface area contributed by atoms with E-state index in [1.807, 2.05) is 31.2 Å². The highest BCUT2D eigenvalue weighted by Crippen LogP contribution is 2.24. The number of rotatable bonds is 5. The first kappa shape index (κ1) is 16.5. The third kappa shape index (κ3) is 4.32. The number of benzene rings is 2. The molecule has 2 rings (SSSR count). The van der Waals surface area contributed by atoms with Gasteiger partial charge in [0.1, 0.15) is 5.75 Å². The number of amides is 2. The van der Waals surface area contributed by atoms with Crippen LogP contribution in [0, 0.1) is 6.92 Å². The molecule has 120 valence electrons. The standard InChI is InChI=1S/C18H20N2O3/c1-12-15(19-13(2)21)8-6-9-16(12)20-18(22)11-14-7-4-5-10-17(14)23-3/h4-10H,11H2,1-3H3,(H,19,21)(H,20,22). The van der Waals surface area contributed by atoms with Crippen LogP contribution in [-0.4, -0.2) is 18.9 Å². The van der Waals surface area contributed by atoms with Crippen LogP contribution < -0.4 is 15.4 Å². The van der Waals surface area contributed by atoms with Crippen LogP contribution >= 0.6 is 0 Å². The molecule has 0 atom stereocenters. The maximum absolute atomic E-state index is 12.3. The van der Waals surface area contributed by atoms with Crippen molar-refractivity contribution in [2.75, 3.05) is 17.7 Å². The summed E-state index contributed by atoms with van der Waals surface area (Å²) in [4.78, 5) is 23.5. The number of carbonyl (C=O) groups is 2. The molecule has 0 radical (unpaired) electrons. The molecule has 2 amide bonds. The third-order valence-corrected chi connectivity index (χ3v) is 3.46. The van der Waals surface area contributed by atoms with E-state index in [0.717, 1.165) is 11.1 Å². The van der Waals surface area contributed by atoms with E-state index in [4.69, 9.17) is 4.74 Å². The van der Waals surface area contributed by atoms with Crippen molar-refractivity contribution in [2.24, 2.45) is 0 Å². The summed E-state index contributed by atoms with van der Waals surface area (Å²) in [6.45, 7) is 3.30. The summed E-state index contributed by atoms with van der Waals surface area (Å²) in [5.41, 5.74) is 3.00. The number of anilines is 2. The van der Waals surface area contributed by atoms with Crippen molar-refractivity contribution in [1.29, 1.82) is 0 Å². The van der Waals surface area contributed by atoms with Crippen molar-refractivity contribution >= 4 is 23.2 Å². The second-order valence-corrected chi connectivity index (χ2v) is 5.20. The Morgan fingerprint density at radius 1 is 1.00 bits per heavy atom. The summed E-state index contributed by atoms with van der Waals surface area (Å²) >= 11 is 0. The van der Waals surface area contributed by atoms with Gasteiger partial charge in [-0.25, -0.2) is 0 Å². The molecule has 0 bridgehead atoms. The van der Waals surface area contributed by atoms with Crippen LogP contribution in [0.1, 0.15) is 18.1 Å². The first-order valence-electron chi connectivity index (χ1n) is 7.30. The molecule has 0 fully saturated rings. The summed E-state index contributed by atoms with van der Waals surface area (Å²) < 4.78 is 5.26. The summed E-state index contributed by atoms with van der Waals surface area (Å²) in [7, 11) is 1.58. The molecule has 2 aromatic carbocycles. The zero-order valence-electron chi connectivity index (χ0n) is 13.5. The molecule has 0 aliphatic carbocycles. The second kappa shape index (κ2) is 7.45. The van der Waals surface area contributed by atoms with Crippen molar-refractivity contribution in [2.45, 2.75) is 20.3 Å². The maximum Gasteiger partial charge on any atom is 0.228 e. The number of methoxy groups -OCH3 is 1. The molecule has 0 saturated carbocycles. The molecule has 0 aliphatic rings. The normalized spacial score (nSPS) is 10.0. The second-order valence-electron chi connectivity index (χ2n) is 5.20. The smallest absolute Gasteiger partial charge is 0.228 e. The lowest BCUT2D eigenvalue weighted by Crippen LogP contribution is -2.16. The fourth-order valence-corrected chi connectivity index (χ4v) is 2.31. The molecule has 5 heteroatoms. The predicted molar refractivity (Wildman–Crippen MR) is 90.8 cm³/mol. The molecule has 2 aromatic rings. The third-order valence-electron chi connectivity index (χ3n) is 3.46. The van der Waals surface area contributed by atoms with Crippen molar-refractivity contribution < 1.29 is 14.3 Å². The maximum atomic E-state index is 12.3. The quantitative estimate of drug-likeness (QED) is 0.891. The molecule has 0 aliphatic heterocycles. The molecular weight excluding hydrogens is 292 g/mol. The van der Waals surface area contributed by atoms with Crippen molar-refractivity contribution in [3.63, 3.8) is 0 Å². The lowest BCUT2D eigenvalue weighted by molar-refractivity contribution is -0.116. The van der Waals surface area contributed by atoms with E-state index in [1.165, 1.54) is 6.92 Å². The number of nitrogens with one attached hydrogen (secondary N) is 2. The Bertz CT molecular complexity index is 726. The highest BCUT2D eigenvalue weighted by molar-refractivity contribution is 5.96. The van der Waals surface area contributed by atoms with Gasteiger partial charge in [0, 0.05) is 23.9 Å². The molecule has 0 saturated heterocycles. The predicted octanol–water partition coefficient (Wildman–Crippen LogP) is 3.14. The van der Waals surface area contributed by atoms with Crippen molar-refractivity contribution in [1.82, 2.24) is 0 Å². The Balaban J connectivity index is 2.13. The fraction of sp³-hybridized carbons (Fsp3) is 0.222. The summed E-state index contributed by atoms with van der Waals surface area (Å²) in [5, 5.41) is 5.62. The van der Waals surface area contributed by atoms with Crippen molar-refractivity contribution in [3.8, 4) is 5.75 Å². The Kier molecular flexibility index (Phi) is 5.36. The number of hydrogen-bond donors (Lipinski definition) is 2. The molecule has 0 aromatic heterocycles. The van der Waals surface area contributed by atoms with Crippen LogP contribution in [0.25, 0.3) is 0 Å². The number of ether oxygens (including phenoxy) is 1. The SMILES string of the molecule is COc1ccccc1CC(=O)Nc1cccc(NC(C)=O)c1C. The minimum Gasteiger partial charge on any atom is -0.496 e. The van der Waals surface area contributed by atoms with Gasteiger partial charge in [0.2, 0.25) is 11.8 Å². The molecule has 0 heterocycles. The van der Waals surface area contributed by atoms with Crippen LogP contribution in [0.5, 0.6) is 5.75 Å². The van der Waals surface area contributed by atoms with Gasteiger partial charge in [0.05, 0.1) is 13.5 Å². The van der Waals surface area contributed by atoms with Gasteiger partial charge in [-0.3, -0.25) is 9.59 Å². The van der Waals surface area contributed by atoms with E-state index in [-0.39, 0.29) is 18.2 Å². The van der Waals surface area contributed by atoms with Gasteiger partial charge >= 0.3 is 0 Å². The molecular formula is C18H20N2O3. The minimum absolute atomic E-state index is 0.141. The van der Waals surface area contributed by atoms with Gasteiger partial charge in [-0.2, -0.15) is 0 Å². The largest absolute Gasteiger partial charge is 0.496 e. The Labute approximate surface area is 135 Å². The van der Waals surface area contributed by atoms with E-state index >= 15 is 0 Å². The first-order chi connectivity index (χ1) is 11.0. The molecule has 23 heavy (non-hydrogen) atoms. The van der Waals surface area contributed by atoms with E-state index in [2.05, 4.69) is 10.6 Å². The Hall–Kier alpha value is -2.82. The van der Waals surface area contributed by atoms with Crippen LogP contribution in [-0.2, 0) is 16.0 Å². The van der Waals surface area contributed by atoms with Crippen LogP contribution in [0.3, 0.4) is 0 Å². The van der Waals surface area contributed by atoms with Gasteiger partial charge in [-0.05, 0) is 30.7 Å². The Morgan fingerprint density at radius 3 is 2.30 bits per heavy atom. The van der Waals surface area contributed by atoms with E-state index in [1.54, 1.807) is 25.3 Å². The molecule has 0 unspecified atom stereocenters.